The van der Waals surface area contributed by atoms with Crippen LogP contribution in [0.25, 0.3) is 0 Å². The SMILES string of the molecule is CC(C)CCC(=O)N1CCN(c2ncc(C#N)cc2Cl)CC1. The maximum atomic E-state index is 12.1. The topological polar surface area (TPSA) is 60.2 Å². The van der Waals surface area contributed by atoms with Gasteiger partial charge < -0.3 is 9.80 Å². The van der Waals surface area contributed by atoms with Gasteiger partial charge in [0.05, 0.1) is 10.6 Å². The molecule has 0 aliphatic carbocycles. The van der Waals surface area contributed by atoms with Crippen molar-refractivity contribution in [2.24, 2.45) is 5.92 Å². The molecule has 1 saturated heterocycles. The average Bonchev–Trinajstić information content (AvgIpc) is 2.52. The number of carbonyl (C=O) groups is 1. The summed E-state index contributed by atoms with van der Waals surface area (Å²) in [5.74, 6) is 1.47. The Bertz CT molecular complexity index is 574. The van der Waals surface area contributed by atoms with Crippen molar-refractivity contribution in [1.29, 1.82) is 5.26 Å². The van der Waals surface area contributed by atoms with E-state index >= 15 is 0 Å². The maximum absolute atomic E-state index is 12.1. The van der Waals surface area contributed by atoms with Crippen LogP contribution in [0, 0.1) is 17.2 Å². The molecule has 0 atom stereocenters. The Hall–Kier alpha value is -1.80. The van der Waals surface area contributed by atoms with Crippen LogP contribution in [0.1, 0.15) is 32.3 Å². The highest BCUT2D eigenvalue weighted by atomic mass is 35.5. The van der Waals surface area contributed by atoms with E-state index in [0.29, 0.717) is 54.9 Å². The molecule has 5 nitrogen and oxygen atoms in total. The molecule has 1 aromatic rings. The van der Waals surface area contributed by atoms with E-state index in [9.17, 15) is 4.79 Å². The van der Waals surface area contributed by atoms with E-state index in [0.717, 1.165) is 6.42 Å². The summed E-state index contributed by atoms with van der Waals surface area (Å²) < 4.78 is 0. The summed E-state index contributed by atoms with van der Waals surface area (Å²) in [4.78, 5) is 20.4. The Morgan fingerprint density at radius 2 is 2.09 bits per heavy atom. The van der Waals surface area contributed by atoms with E-state index in [1.807, 2.05) is 11.0 Å². The van der Waals surface area contributed by atoms with Gasteiger partial charge in [0.1, 0.15) is 11.9 Å². The van der Waals surface area contributed by atoms with Crippen molar-refractivity contribution in [3.8, 4) is 6.07 Å². The largest absolute Gasteiger partial charge is 0.352 e. The summed E-state index contributed by atoms with van der Waals surface area (Å²) in [5.41, 5.74) is 0.455. The molecule has 0 saturated carbocycles. The molecule has 0 spiro atoms. The zero-order chi connectivity index (χ0) is 16.1. The number of hydrogen-bond donors (Lipinski definition) is 0. The number of nitriles is 1. The molecule has 6 heteroatoms. The second-order valence-electron chi connectivity index (χ2n) is 5.94. The van der Waals surface area contributed by atoms with Gasteiger partial charge in [-0.25, -0.2) is 4.98 Å². The minimum absolute atomic E-state index is 0.229. The number of piperazine rings is 1. The molecule has 1 fully saturated rings. The lowest BCUT2D eigenvalue weighted by atomic mass is 10.1. The number of halogens is 1. The van der Waals surface area contributed by atoms with Gasteiger partial charge in [0.2, 0.25) is 5.91 Å². The number of nitrogens with zero attached hydrogens (tertiary/aromatic N) is 4. The van der Waals surface area contributed by atoms with Crippen LogP contribution < -0.4 is 4.90 Å². The van der Waals surface area contributed by atoms with E-state index in [-0.39, 0.29) is 5.91 Å². The summed E-state index contributed by atoms with van der Waals surface area (Å²) in [5, 5.41) is 9.33. The normalized spacial score (nSPS) is 15.0. The molecule has 118 valence electrons. The van der Waals surface area contributed by atoms with Crippen LogP contribution >= 0.6 is 11.6 Å². The van der Waals surface area contributed by atoms with Gasteiger partial charge in [0, 0.05) is 38.8 Å². The Morgan fingerprint density at radius 3 is 2.64 bits per heavy atom. The van der Waals surface area contributed by atoms with E-state index < -0.39 is 0 Å². The Kier molecular flexibility index (Phi) is 5.62. The smallest absolute Gasteiger partial charge is 0.222 e. The molecular formula is C16H21ClN4O. The summed E-state index contributed by atoms with van der Waals surface area (Å²) in [7, 11) is 0. The zero-order valence-electron chi connectivity index (χ0n) is 13.0. The van der Waals surface area contributed by atoms with Crippen LogP contribution in [0.4, 0.5) is 5.82 Å². The number of carbonyl (C=O) groups excluding carboxylic acids is 1. The number of aromatic nitrogens is 1. The molecule has 1 aliphatic heterocycles. The Labute approximate surface area is 136 Å². The predicted molar refractivity (Wildman–Crippen MR) is 86.8 cm³/mol. The summed E-state index contributed by atoms with van der Waals surface area (Å²) in [6, 6.07) is 3.65. The Morgan fingerprint density at radius 1 is 1.41 bits per heavy atom. The monoisotopic (exact) mass is 320 g/mol. The van der Waals surface area contributed by atoms with Crippen LogP contribution in [-0.4, -0.2) is 42.0 Å². The predicted octanol–water partition coefficient (Wildman–Crippen LogP) is 2.69. The second kappa shape index (κ2) is 7.46. The first-order valence-electron chi connectivity index (χ1n) is 7.59. The van der Waals surface area contributed by atoms with Crippen LogP contribution in [0.5, 0.6) is 0 Å². The third-order valence-corrected chi connectivity index (χ3v) is 4.10. The third-order valence-electron chi connectivity index (χ3n) is 3.82. The molecule has 0 radical (unpaired) electrons. The highest BCUT2D eigenvalue weighted by molar-refractivity contribution is 6.33. The molecule has 0 bridgehead atoms. The fraction of sp³-hybridized carbons (Fsp3) is 0.562. The quantitative estimate of drug-likeness (QED) is 0.855. The molecule has 0 N–H and O–H groups in total. The highest BCUT2D eigenvalue weighted by Gasteiger charge is 2.23. The van der Waals surface area contributed by atoms with Crippen molar-refractivity contribution in [3.05, 3.63) is 22.8 Å². The Balaban J connectivity index is 1.92. The summed E-state index contributed by atoms with van der Waals surface area (Å²) >= 11 is 6.19. The van der Waals surface area contributed by atoms with Crippen molar-refractivity contribution >= 4 is 23.3 Å². The van der Waals surface area contributed by atoms with Gasteiger partial charge in [-0.3, -0.25) is 4.79 Å². The zero-order valence-corrected chi connectivity index (χ0v) is 13.8. The van der Waals surface area contributed by atoms with Crippen molar-refractivity contribution in [2.45, 2.75) is 26.7 Å². The van der Waals surface area contributed by atoms with Gasteiger partial charge in [-0.1, -0.05) is 25.4 Å². The van der Waals surface area contributed by atoms with E-state index in [1.54, 1.807) is 6.07 Å². The summed E-state index contributed by atoms with van der Waals surface area (Å²) in [6.07, 6.45) is 3.08. The van der Waals surface area contributed by atoms with Gasteiger partial charge in [-0.15, -0.1) is 0 Å². The lowest BCUT2D eigenvalue weighted by Crippen LogP contribution is -2.49. The van der Waals surface area contributed by atoms with Crippen molar-refractivity contribution < 1.29 is 4.79 Å². The van der Waals surface area contributed by atoms with Crippen molar-refractivity contribution in [3.63, 3.8) is 0 Å². The molecule has 2 heterocycles. The van der Waals surface area contributed by atoms with Crippen LogP contribution in [0.15, 0.2) is 12.3 Å². The molecule has 1 amide bonds. The molecule has 22 heavy (non-hydrogen) atoms. The number of anilines is 1. The molecule has 0 unspecified atom stereocenters. The summed E-state index contributed by atoms with van der Waals surface area (Å²) in [6.45, 7) is 7.07. The van der Waals surface area contributed by atoms with E-state index in [4.69, 9.17) is 16.9 Å². The molecule has 1 aliphatic rings. The van der Waals surface area contributed by atoms with Crippen molar-refractivity contribution in [2.75, 3.05) is 31.1 Å². The lowest BCUT2D eigenvalue weighted by Gasteiger charge is -2.36. The lowest BCUT2D eigenvalue weighted by molar-refractivity contribution is -0.131. The van der Waals surface area contributed by atoms with Gasteiger partial charge >= 0.3 is 0 Å². The maximum Gasteiger partial charge on any atom is 0.222 e. The van der Waals surface area contributed by atoms with Crippen LogP contribution in [-0.2, 0) is 4.79 Å². The second-order valence-corrected chi connectivity index (χ2v) is 6.35. The minimum atomic E-state index is 0.229. The molecule has 1 aromatic heterocycles. The first-order chi connectivity index (χ1) is 10.5. The van der Waals surface area contributed by atoms with Crippen molar-refractivity contribution in [1.82, 2.24) is 9.88 Å². The van der Waals surface area contributed by atoms with E-state index in [1.165, 1.54) is 6.20 Å². The number of pyridine rings is 1. The fourth-order valence-electron chi connectivity index (χ4n) is 2.46. The first-order valence-corrected chi connectivity index (χ1v) is 7.97. The number of rotatable bonds is 4. The third kappa shape index (κ3) is 4.11. The van der Waals surface area contributed by atoms with Gasteiger partial charge in [0.25, 0.3) is 0 Å². The fourth-order valence-corrected chi connectivity index (χ4v) is 2.75. The number of amides is 1. The van der Waals surface area contributed by atoms with Gasteiger partial charge in [0.15, 0.2) is 0 Å². The highest BCUT2D eigenvalue weighted by Crippen LogP contribution is 2.25. The standard InChI is InChI=1S/C16H21ClN4O/c1-12(2)3-4-15(22)20-5-7-21(8-6-20)16-14(17)9-13(10-18)11-19-16/h9,11-12H,3-8H2,1-2H3. The average molecular weight is 321 g/mol. The van der Waals surface area contributed by atoms with Crippen LogP contribution in [0.3, 0.4) is 0 Å². The van der Waals surface area contributed by atoms with Crippen LogP contribution in [0.2, 0.25) is 5.02 Å². The number of hydrogen-bond acceptors (Lipinski definition) is 4. The van der Waals surface area contributed by atoms with Gasteiger partial charge in [-0.2, -0.15) is 5.26 Å². The molecule has 2 rings (SSSR count). The minimum Gasteiger partial charge on any atom is -0.352 e. The first kappa shape index (κ1) is 16.6. The molecular weight excluding hydrogens is 300 g/mol. The van der Waals surface area contributed by atoms with E-state index in [2.05, 4.69) is 23.7 Å². The van der Waals surface area contributed by atoms with Gasteiger partial charge in [-0.05, 0) is 18.4 Å². The molecule has 0 aromatic carbocycles.